The molecule has 0 radical (unpaired) electrons. The van der Waals surface area contributed by atoms with E-state index >= 15 is 0 Å². The largest absolute Gasteiger partial charge is 0.352 e. The molecule has 2 amide bonds. The maximum absolute atomic E-state index is 12.0. The minimum atomic E-state index is -0.109. The Labute approximate surface area is 125 Å². The monoisotopic (exact) mass is 289 g/mol. The highest BCUT2D eigenvalue weighted by Gasteiger charge is 2.39. The van der Waals surface area contributed by atoms with Gasteiger partial charge in [0.05, 0.1) is 0 Å². The lowest BCUT2D eigenvalue weighted by Crippen LogP contribution is -2.26. The molecule has 114 valence electrons. The van der Waals surface area contributed by atoms with Gasteiger partial charge < -0.3 is 16.0 Å². The molecule has 3 N–H and O–H groups in total. The number of hydrogen-bond acceptors (Lipinski definition) is 3. The molecular weight excluding hydrogens is 266 g/mol. The fourth-order valence-electron chi connectivity index (χ4n) is 2.23. The van der Waals surface area contributed by atoms with Gasteiger partial charge in [-0.3, -0.25) is 9.59 Å². The highest BCUT2D eigenvalue weighted by molar-refractivity contribution is 5.98. The van der Waals surface area contributed by atoms with Crippen LogP contribution in [0.25, 0.3) is 0 Å². The quantitative estimate of drug-likeness (QED) is 0.668. The predicted molar refractivity (Wildman–Crippen MR) is 83.2 cm³/mol. The van der Waals surface area contributed by atoms with Gasteiger partial charge in [-0.1, -0.05) is 13.0 Å². The summed E-state index contributed by atoms with van der Waals surface area (Å²) in [6.07, 6.45) is 1.84. The van der Waals surface area contributed by atoms with Crippen LogP contribution in [-0.2, 0) is 4.79 Å². The first-order valence-corrected chi connectivity index (χ1v) is 7.45. The van der Waals surface area contributed by atoms with Crippen LogP contribution in [-0.4, -0.2) is 32.0 Å². The molecule has 0 aromatic heterocycles. The second-order valence-corrected chi connectivity index (χ2v) is 5.60. The van der Waals surface area contributed by atoms with Crippen LogP contribution < -0.4 is 16.0 Å². The van der Waals surface area contributed by atoms with Gasteiger partial charge in [-0.2, -0.15) is 0 Å². The zero-order chi connectivity index (χ0) is 15.2. The molecule has 0 spiro atoms. The molecule has 0 aliphatic heterocycles. The van der Waals surface area contributed by atoms with Crippen molar-refractivity contribution in [3.05, 3.63) is 29.8 Å². The lowest BCUT2D eigenvalue weighted by atomic mass is 10.2. The van der Waals surface area contributed by atoms with Crippen LogP contribution in [0.1, 0.15) is 30.1 Å². The van der Waals surface area contributed by atoms with Gasteiger partial charge in [-0.25, -0.2) is 0 Å². The first-order chi connectivity index (χ1) is 10.1. The van der Waals surface area contributed by atoms with Crippen LogP contribution >= 0.6 is 0 Å². The third kappa shape index (κ3) is 4.56. The van der Waals surface area contributed by atoms with Crippen LogP contribution in [0, 0.1) is 11.8 Å². The third-order valence-electron chi connectivity index (χ3n) is 3.73. The molecule has 1 fully saturated rings. The van der Waals surface area contributed by atoms with Crippen molar-refractivity contribution in [2.24, 2.45) is 11.8 Å². The molecule has 2 unspecified atom stereocenters. The average Bonchev–Trinajstić information content (AvgIpc) is 3.21. The SMILES string of the molecule is CNCCCNC(=O)c1cccc(NC(=O)C2CC2C)c1. The highest BCUT2D eigenvalue weighted by Crippen LogP contribution is 2.38. The zero-order valence-electron chi connectivity index (χ0n) is 12.6. The Morgan fingerprint density at radius 1 is 1.29 bits per heavy atom. The second-order valence-electron chi connectivity index (χ2n) is 5.60. The summed E-state index contributed by atoms with van der Waals surface area (Å²) in [6.45, 7) is 3.57. The average molecular weight is 289 g/mol. The number of carbonyl (C=O) groups is 2. The van der Waals surface area contributed by atoms with Crippen LogP contribution in [0.2, 0.25) is 0 Å². The lowest BCUT2D eigenvalue weighted by Gasteiger charge is -2.08. The third-order valence-corrected chi connectivity index (χ3v) is 3.73. The molecule has 5 heteroatoms. The van der Waals surface area contributed by atoms with Gasteiger partial charge in [0.1, 0.15) is 0 Å². The summed E-state index contributed by atoms with van der Waals surface area (Å²) in [7, 11) is 1.88. The number of amides is 2. The van der Waals surface area contributed by atoms with Gasteiger partial charge in [0, 0.05) is 23.7 Å². The van der Waals surface area contributed by atoms with Gasteiger partial charge in [0.15, 0.2) is 0 Å². The van der Waals surface area contributed by atoms with Crippen LogP contribution in [0.3, 0.4) is 0 Å². The van der Waals surface area contributed by atoms with Gasteiger partial charge in [-0.15, -0.1) is 0 Å². The van der Waals surface area contributed by atoms with Crippen LogP contribution in [0.4, 0.5) is 5.69 Å². The molecule has 0 heterocycles. The van der Waals surface area contributed by atoms with Crippen molar-refractivity contribution in [3.8, 4) is 0 Å². The van der Waals surface area contributed by atoms with Crippen LogP contribution in [0.5, 0.6) is 0 Å². The van der Waals surface area contributed by atoms with Gasteiger partial charge in [-0.05, 0) is 50.6 Å². The minimum absolute atomic E-state index is 0.0501. The topological polar surface area (TPSA) is 70.2 Å². The number of carbonyl (C=O) groups excluding carboxylic acids is 2. The molecule has 1 aromatic carbocycles. The van der Waals surface area contributed by atoms with E-state index in [2.05, 4.69) is 22.9 Å². The Hall–Kier alpha value is -1.88. The molecule has 0 saturated heterocycles. The van der Waals surface area contributed by atoms with Gasteiger partial charge in [0.25, 0.3) is 5.91 Å². The minimum Gasteiger partial charge on any atom is -0.352 e. The van der Waals surface area contributed by atoms with Crippen molar-refractivity contribution >= 4 is 17.5 Å². The van der Waals surface area contributed by atoms with Gasteiger partial charge in [0.2, 0.25) is 5.91 Å². The summed E-state index contributed by atoms with van der Waals surface area (Å²) in [5.41, 5.74) is 1.25. The molecule has 1 aliphatic rings. The van der Waals surface area contributed by atoms with E-state index in [9.17, 15) is 9.59 Å². The van der Waals surface area contributed by atoms with E-state index in [1.807, 2.05) is 13.1 Å². The standard InChI is InChI=1S/C16H23N3O2/c1-11-9-14(11)16(21)19-13-6-3-5-12(10-13)15(20)18-8-4-7-17-2/h3,5-6,10-11,14,17H,4,7-9H2,1-2H3,(H,18,20)(H,19,21). The normalized spacial score (nSPS) is 19.9. The van der Waals surface area contributed by atoms with Crippen LogP contribution in [0.15, 0.2) is 24.3 Å². The predicted octanol–water partition coefficient (Wildman–Crippen LogP) is 1.62. The van der Waals surface area contributed by atoms with Crippen molar-refractivity contribution in [1.82, 2.24) is 10.6 Å². The highest BCUT2D eigenvalue weighted by atomic mass is 16.2. The Bertz CT molecular complexity index is 516. The maximum Gasteiger partial charge on any atom is 0.251 e. The molecule has 1 aromatic rings. The van der Waals surface area contributed by atoms with Crippen molar-refractivity contribution in [2.45, 2.75) is 19.8 Å². The number of nitrogens with one attached hydrogen (secondary N) is 3. The molecule has 1 aliphatic carbocycles. The van der Waals surface area contributed by atoms with E-state index in [1.54, 1.807) is 18.2 Å². The molecule has 0 bridgehead atoms. The number of hydrogen-bond donors (Lipinski definition) is 3. The first-order valence-electron chi connectivity index (χ1n) is 7.45. The molecule has 1 saturated carbocycles. The molecule has 2 rings (SSSR count). The lowest BCUT2D eigenvalue weighted by molar-refractivity contribution is -0.117. The summed E-state index contributed by atoms with van der Waals surface area (Å²) in [5, 5.41) is 8.77. The zero-order valence-corrected chi connectivity index (χ0v) is 12.6. The first kappa shape index (κ1) is 15.5. The molecule has 2 atom stereocenters. The van der Waals surface area contributed by atoms with E-state index in [0.717, 1.165) is 19.4 Å². The fourth-order valence-corrected chi connectivity index (χ4v) is 2.23. The van der Waals surface area contributed by atoms with Gasteiger partial charge >= 0.3 is 0 Å². The van der Waals surface area contributed by atoms with E-state index in [1.165, 1.54) is 0 Å². The Balaban J connectivity index is 1.87. The molecule has 5 nitrogen and oxygen atoms in total. The fraction of sp³-hybridized carbons (Fsp3) is 0.500. The summed E-state index contributed by atoms with van der Waals surface area (Å²) >= 11 is 0. The second kappa shape index (κ2) is 7.22. The summed E-state index contributed by atoms with van der Waals surface area (Å²) < 4.78 is 0. The summed E-state index contributed by atoms with van der Waals surface area (Å²) in [6, 6.07) is 7.07. The van der Waals surface area contributed by atoms with Crippen molar-refractivity contribution in [1.29, 1.82) is 0 Å². The van der Waals surface area contributed by atoms with E-state index in [4.69, 9.17) is 0 Å². The van der Waals surface area contributed by atoms with Crippen molar-refractivity contribution in [3.63, 3.8) is 0 Å². The van der Waals surface area contributed by atoms with Crippen molar-refractivity contribution < 1.29 is 9.59 Å². The van der Waals surface area contributed by atoms with E-state index in [-0.39, 0.29) is 17.7 Å². The number of benzene rings is 1. The smallest absolute Gasteiger partial charge is 0.251 e. The Morgan fingerprint density at radius 2 is 2.05 bits per heavy atom. The van der Waals surface area contributed by atoms with E-state index < -0.39 is 0 Å². The Morgan fingerprint density at radius 3 is 2.71 bits per heavy atom. The number of rotatable bonds is 7. The van der Waals surface area contributed by atoms with E-state index in [0.29, 0.717) is 23.7 Å². The summed E-state index contributed by atoms with van der Waals surface area (Å²) in [5.74, 6) is 0.545. The molecule has 21 heavy (non-hydrogen) atoms. The number of anilines is 1. The summed E-state index contributed by atoms with van der Waals surface area (Å²) in [4.78, 5) is 23.9. The van der Waals surface area contributed by atoms with Crippen molar-refractivity contribution in [2.75, 3.05) is 25.5 Å². The Kier molecular flexibility index (Phi) is 5.33. The maximum atomic E-state index is 12.0. The molecular formula is C16H23N3O2.